The molecule has 2 aromatic carbocycles. The zero-order valence-electron chi connectivity index (χ0n) is 14.1. The zero-order valence-corrected chi connectivity index (χ0v) is 14.1. The number of carbonyl (C=O) groups is 1. The van der Waals surface area contributed by atoms with Crippen LogP contribution < -0.4 is 0 Å². The van der Waals surface area contributed by atoms with E-state index in [4.69, 9.17) is 0 Å². The first-order valence-electron chi connectivity index (χ1n) is 7.74. The van der Waals surface area contributed by atoms with Gasteiger partial charge in [-0.2, -0.15) is 0 Å². The van der Waals surface area contributed by atoms with Crippen LogP contribution in [0.3, 0.4) is 0 Å². The first kappa shape index (κ1) is 16.9. The Kier molecular flexibility index (Phi) is 4.99. The zero-order chi connectivity index (χ0) is 17.0. The van der Waals surface area contributed by atoms with Gasteiger partial charge in [0.15, 0.2) is 0 Å². The second-order valence-electron chi connectivity index (χ2n) is 6.30. The van der Waals surface area contributed by atoms with Crippen molar-refractivity contribution in [1.82, 2.24) is 0 Å². The lowest BCUT2D eigenvalue weighted by Crippen LogP contribution is -2.36. The first-order chi connectivity index (χ1) is 10.9. The van der Waals surface area contributed by atoms with Gasteiger partial charge in [-0.1, -0.05) is 61.5 Å². The predicted octanol–water partition coefficient (Wildman–Crippen LogP) is 4.52. The molecule has 0 aliphatic rings. The van der Waals surface area contributed by atoms with Gasteiger partial charge in [0.2, 0.25) is 0 Å². The summed E-state index contributed by atoms with van der Waals surface area (Å²) >= 11 is 0. The molecule has 0 amide bonds. The van der Waals surface area contributed by atoms with Crippen LogP contribution in [-0.2, 0) is 4.79 Å². The average Bonchev–Trinajstić information content (AvgIpc) is 2.56. The van der Waals surface area contributed by atoms with Gasteiger partial charge >= 0.3 is 5.97 Å². The van der Waals surface area contributed by atoms with Crippen molar-refractivity contribution in [3.8, 4) is 11.1 Å². The van der Waals surface area contributed by atoms with Gasteiger partial charge in [-0.05, 0) is 30.5 Å². The molecule has 3 nitrogen and oxygen atoms in total. The molecule has 3 heteroatoms. The number of aliphatic carboxylic acids is 1. The van der Waals surface area contributed by atoms with Gasteiger partial charge in [0.05, 0.1) is 5.41 Å². The van der Waals surface area contributed by atoms with Crippen molar-refractivity contribution < 1.29 is 9.90 Å². The maximum atomic E-state index is 11.5. The molecule has 1 N–H and O–H groups in total. The van der Waals surface area contributed by atoms with Gasteiger partial charge in [0, 0.05) is 18.7 Å². The molecule has 0 aliphatic heterocycles. The van der Waals surface area contributed by atoms with Gasteiger partial charge < -0.3 is 5.11 Å². The van der Waals surface area contributed by atoms with Gasteiger partial charge in [0.25, 0.3) is 0 Å². The molecule has 1 unspecified atom stereocenters. The van der Waals surface area contributed by atoms with Crippen LogP contribution in [0.5, 0.6) is 0 Å². The predicted molar refractivity (Wildman–Crippen MR) is 94.9 cm³/mol. The van der Waals surface area contributed by atoms with E-state index in [1.165, 1.54) is 0 Å². The molecule has 120 valence electrons. The smallest absolute Gasteiger partial charge is 0.309 e. The summed E-state index contributed by atoms with van der Waals surface area (Å²) in [5, 5.41) is 9.44. The summed E-state index contributed by atoms with van der Waals surface area (Å²) in [5.74, 6) is -1.00. The van der Waals surface area contributed by atoms with Crippen molar-refractivity contribution in [3.05, 3.63) is 60.2 Å². The lowest BCUT2D eigenvalue weighted by atomic mass is 9.75. The molecule has 0 heterocycles. The Morgan fingerprint density at radius 2 is 1.52 bits per heavy atom. The van der Waals surface area contributed by atoms with Crippen LogP contribution in [0.4, 0.5) is 0 Å². The third-order valence-electron chi connectivity index (χ3n) is 4.57. The topological polar surface area (TPSA) is 49.7 Å². The van der Waals surface area contributed by atoms with Gasteiger partial charge in [-0.15, -0.1) is 0 Å². The molecule has 1 atom stereocenters. The molecule has 0 spiro atoms. The fraction of sp³-hybridized carbons (Fsp3) is 0.300. The maximum Gasteiger partial charge on any atom is 0.309 e. The summed E-state index contributed by atoms with van der Waals surface area (Å²) in [6, 6.07) is 18.3. The van der Waals surface area contributed by atoms with E-state index in [0.717, 1.165) is 22.4 Å². The molecule has 0 fully saturated rings. The highest BCUT2D eigenvalue weighted by Gasteiger charge is 2.37. The summed E-state index contributed by atoms with van der Waals surface area (Å²) in [4.78, 5) is 15.9. The highest BCUT2D eigenvalue weighted by molar-refractivity contribution is 6.04. The van der Waals surface area contributed by atoms with Crippen LogP contribution in [0.25, 0.3) is 11.1 Å². The molecular formula is C20H23NO2. The minimum Gasteiger partial charge on any atom is -0.481 e. The molecule has 23 heavy (non-hydrogen) atoms. The Bertz CT molecular complexity index is 700. The van der Waals surface area contributed by atoms with Crippen LogP contribution in [-0.4, -0.2) is 23.8 Å². The van der Waals surface area contributed by atoms with Crippen LogP contribution >= 0.6 is 0 Å². The fourth-order valence-electron chi connectivity index (χ4n) is 2.56. The van der Waals surface area contributed by atoms with E-state index in [-0.39, 0.29) is 5.92 Å². The first-order valence-corrected chi connectivity index (χ1v) is 7.74. The quantitative estimate of drug-likeness (QED) is 0.826. The standard InChI is InChI=1S/C20H23NO2/c1-14(20(2,3)19(22)23)18(21-4)17-12-10-16(11-13-17)15-8-6-5-7-9-15/h5-14H,1-4H3,(H,22,23). The SMILES string of the molecule is CN=C(c1ccc(-c2ccccc2)cc1)C(C)C(C)(C)C(=O)O. The number of carboxylic acid groups (broad SMARTS) is 1. The Morgan fingerprint density at radius 3 is 2.00 bits per heavy atom. The summed E-state index contributed by atoms with van der Waals surface area (Å²) in [6.07, 6.45) is 0. The second-order valence-corrected chi connectivity index (χ2v) is 6.30. The molecule has 0 radical (unpaired) electrons. The lowest BCUT2D eigenvalue weighted by Gasteiger charge is -2.28. The highest BCUT2D eigenvalue weighted by atomic mass is 16.4. The van der Waals surface area contributed by atoms with E-state index >= 15 is 0 Å². The van der Waals surface area contributed by atoms with Crippen molar-refractivity contribution in [2.75, 3.05) is 7.05 Å². The monoisotopic (exact) mass is 309 g/mol. The number of aliphatic imine (C=N–C) groups is 1. The normalized spacial score (nSPS) is 13.7. The fourth-order valence-corrected chi connectivity index (χ4v) is 2.56. The largest absolute Gasteiger partial charge is 0.481 e. The highest BCUT2D eigenvalue weighted by Crippen LogP contribution is 2.31. The van der Waals surface area contributed by atoms with Gasteiger partial charge in [-0.3, -0.25) is 9.79 Å². The number of rotatable bonds is 5. The summed E-state index contributed by atoms with van der Waals surface area (Å²) in [6.45, 7) is 5.40. The number of hydrogen-bond donors (Lipinski definition) is 1. The van der Waals surface area contributed by atoms with Gasteiger partial charge in [0.1, 0.15) is 0 Å². The number of benzene rings is 2. The Morgan fingerprint density at radius 1 is 1.00 bits per heavy atom. The van der Waals surface area contributed by atoms with E-state index in [9.17, 15) is 9.90 Å². The molecule has 0 saturated heterocycles. The third-order valence-corrected chi connectivity index (χ3v) is 4.57. The van der Waals surface area contributed by atoms with E-state index in [2.05, 4.69) is 29.3 Å². The summed E-state index contributed by atoms with van der Waals surface area (Å²) < 4.78 is 0. The van der Waals surface area contributed by atoms with Crippen LogP contribution in [0.15, 0.2) is 59.6 Å². The molecule has 0 saturated carbocycles. The Labute approximate surface area is 137 Å². The van der Waals surface area contributed by atoms with Crippen molar-refractivity contribution in [2.45, 2.75) is 20.8 Å². The maximum absolute atomic E-state index is 11.5. The Hall–Kier alpha value is -2.42. The molecule has 2 rings (SSSR count). The molecule has 0 bridgehead atoms. The minimum absolute atomic E-state index is 0.187. The van der Waals surface area contributed by atoms with Crippen LogP contribution in [0, 0.1) is 11.3 Å². The summed E-state index contributed by atoms with van der Waals surface area (Å²) in [7, 11) is 1.72. The van der Waals surface area contributed by atoms with E-state index in [1.54, 1.807) is 20.9 Å². The lowest BCUT2D eigenvalue weighted by molar-refractivity contribution is -0.148. The molecule has 0 aliphatic carbocycles. The van der Waals surface area contributed by atoms with Crippen molar-refractivity contribution in [3.63, 3.8) is 0 Å². The van der Waals surface area contributed by atoms with Crippen LogP contribution in [0.2, 0.25) is 0 Å². The van der Waals surface area contributed by atoms with E-state index in [0.29, 0.717) is 0 Å². The van der Waals surface area contributed by atoms with Crippen molar-refractivity contribution in [2.24, 2.45) is 16.3 Å². The number of carboxylic acids is 1. The molecular weight excluding hydrogens is 286 g/mol. The van der Waals surface area contributed by atoms with Crippen molar-refractivity contribution >= 4 is 11.7 Å². The third kappa shape index (κ3) is 3.50. The van der Waals surface area contributed by atoms with E-state index < -0.39 is 11.4 Å². The molecule has 0 aromatic heterocycles. The Balaban J connectivity index is 2.32. The number of nitrogens with zero attached hydrogens (tertiary/aromatic N) is 1. The second kappa shape index (κ2) is 6.78. The van der Waals surface area contributed by atoms with Crippen molar-refractivity contribution in [1.29, 1.82) is 0 Å². The molecule has 2 aromatic rings. The number of hydrogen-bond acceptors (Lipinski definition) is 2. The van der Waals surface area contributed by atoms with Crippen LogP contribution in [0.1, 0.15) is 26.3 Å². The van der Waals surface area contributed by atoms with E-state index in [1.807, 2.05) is 37.3 Å². The average molecular weight is 309 g/mol. The summed E-state index contributed by atoms with van der Waals surface area (Å²) in [5.41, 5.74) is 3.21. The minimum atomic E-state index is -0.868. The van der Waals surface area contributed by atoms with Gasteiger partial charge in [-0.25, -0.2) is 0 Å².